The Hall–Kier alpha value is -1.77. The summed E-state index contributed by atoms with van der Waals surface area (Å²) >= 11 is 0. The lowest BCUT2D eigenvalue weighted by atomic mass is 9.46. The summed E-state index contributed by atoms with van der Waals surface area (Å²) in [5, 5.41) is 3.36. The van der Waals surface area contributed by atoms with Crippen molar-refractivity contribution in [1.82, 2.24) is 5.32 Å². The second-order valence-electron chi connectivity index (χ2n) is 10.8. The number of carbonyl (C=O) groups excluding carboxylic acids is 1. The molecule has 0 unspecified atom stereocenters. The Morgan fingerprint density at radius 3 is 2.50 bits per heavy atom. The molecule has 1 heterocycles. The second-order valence-corrected chi connectivity index (χ2v) is 10.8. The van der Waals surface area contributed by atoms with Gasteiger partial charge in [-0.25, -0.2) is 0 Å². The molecule has 0 aromatic heterocycles. The highest BCUT2D eigenvalue weighted by Gasteiger charge is 2.61. The monoisotopic (exact) mass is 407 g/mol. The molecule has 0 radical (unpaired) electrons. The first-order chi connectivity index (χ1) is 14.4. The average molecular weight is 408 g/mol. The minimum atomic E-state index is 0.0110. The van der Waals surface area contributed by atoms with E-state index in [0.717, 1.165) is 29.9 Å². The van der Waals surface area contributed by atoms with E-state index in [2.05, 4.69) is 38.2 Å². The van der Waals surface area contributed by atoms with Gasteiger partial charge < -0.3 is 10.1 Å². The SMILES string of the molecule is CC[C@H]1CC[C@H]2[C@@H]3CC[C@H]4NC(=O)C=C(c5ccc(OC)cc5)[C@]4(C)[C@H]3CC[C@]12C. The lowest BCUT2D eigenvalue weighted by molar-refractivity contribution is -0.121. The number of benzene rings is 1. The van der Waals surface area contributed by atoms with E-state index in [1.165, 1.54) is 49.7 Å². The van der Waals surface area contributed by atoms with Gasteiger partial charge in [0.25, 0.3) is 0 Å². The Bertz CT molecular complexity index is 858. The summed E-state index contributed by atoms with van der Waals surface area (Å²) in [6.45, 7) is 7.45. The van der Waals surface area contributed by atoms with Gasteiger partial charge in [0.05, 0.1) is 7.11 Å². The molecule has 7 atom stereocenters. The van der Waals surface area contributed by atoms with Crippen LogP contribution in [0, 0.1) is 34.5 Å². The molecule has 3 saturated carbocycles. The summed E-state index contributed by atoms with van der Waals surface area (Å²) in [5.41, 5.74) is 2.98. The van der Waals surface area contributed by atoms with Crippen molar-refractivity contribution in [3.8, 4) is 5.75 Å². The first-order valence-electron chi connectivity index (χ1n) is 12.1. The van der Waals surface area contributed by atoms with Crippen LogP contribution in [0.3, 0.4) is 0 Å². The van der Waals surface area contributed by atoms with E-state index in [0.29, 0.717) is 11.3 Å². The van der Waals surface area contributed by atoms with Gasteiger partial charge in [-0.05, 0) is 90.9 Å². The molecule has 162 valence electrons. The number of amides is 1. The fraction of sp³-hybridized carbons (Fsp3) is 0.667. The smallest absolute Gasteiger partial charge is 0.244 e. The Morgan fingerprint density at radius 2 is 1.80 bits per heavy atom. The van der Waals surface area contributed by atoms with Crippen molar-refractivity contribution < 1.29 is 9.53 Å². The van der Waals surface area contributed by atoms with E-state index >= 15 is 0 Å². The minimum Gasteiger partial charge on any atom is -0.497 e. The number of hydrogen-bond acceptors (Lipinski definition) is 2. The predicted molar refractivity (Wildman–Crippen MR) is 121 cm³/mol. The number of hydrogen-bond donors (Lipinski definition) is 1. The van der Waals surface area contributed by atoms with Crippen molar-refractivity contribution in [2.75, 3.05) is 7.11 Å². The Labute approximate surface area is 181 Å². The van der Waals surface area contributed by atoms with Crippen LogP contribution in [0.1, 0.15) is 71.3 Å². The molecule has 30 heavy (non-hydrogen) atoms. The number of methoxy groups -OCH3 is 1. The third kappa shape index (κ3) is 2.73. The lowest BCUT2D eigenvalue weighted by Crippen LogP contribution is -2.60. The number of ether oxygens (including phenoxy) is 1. The van der Waals surface area contributed by atoms with E-state index in [1.54, 1.807) is 7.11 Å². The van der Waals surface area contributed by atoms with Gasteiger partial charge in [-0.15, -0.1) is 0 Å². The van der Waals surface area contributed by atoms with Crippen molar-refractivity contribution in [1.29, 1.82) is 0 Å². The molecular weight excluding hydrogens is 370 g/mol. The van der Waals surface area contributed by atoms with Gasteiger partial charge in [-0.2, -0.15) is 0 Å². The number of carbonyl (C=O) groups is 1. The van der Waals surface area contributed by atoms with Crippen LogP contribution in [0.5, 0.6) is 5.75 Å². The molecule has 3 nitrogen and oxygen atoms in total. The molecule has 5 rings (SSSR count). The highest BCUT2D eigenvalue weighted by molar-refractivity contribution is 5.99. The van der Waals surface area contributed by atoms with E-state index in [1.807, 2.05) is 18.2 Å². The molecule has 1 amide bonds. The molecule has 3 aliphatic carbocycles. The largest absolute Gasteiger partial charge is 0.497 e. The Morgan fingerprint density at radius 1 is 1.03 bits per heavy atom. The zero-order chi connectivity index (χ0) is 21.1. The Balaban J connectivity index is 1.54. The molecule has 1 aromatic rings. The van der Waals surface area contributed by atoms with Crippen LogP contribution in [0.15, 0.2) is 30.3 Å². The standard InChI is InChI=1S/C27H37NO2/c1-5-18-8-12-21-20-11-13-24-27(3,22(20)14-15-26(18,21)2)23(16-25(29)28-24)17-6-9-19(30-4)10-7-17/h6-7,9-10,16,18,20-22,24H,5,8,11-15H2,1-4H3,(H,28,29)/t18-,20-,21-,22-,24+,26+,27-/m0/s1. The van der Waals surface area contributed by atoms with Crippen molar-refractivity contribution in [3.05, 3.63) is 35.9 Å². The quantitative estimate of drug-likeness (QED) is 0.683. The molecule has 1 N–H and O–H groups in total. The summed E-state index contributed by atoms with van der Waals surface area (Å²) in [4.78, 5) is 12.6. The van der Waals surface area contributed by atoms with Crippen LogP contribution in [0.4, 0.5) is 0 Å². The first kappa shape index (κ1) is 20.2. The van der Waals surface area contributed by atoms with E-state index in [4.69, 9.17) is 4.74 Å². The number of nitrogens with one attached hydrogen (secondary N) is 1. The lowest BCUT2D eigenvalue weighted by Gasteiger charge is -2.60. The average Bonchev–Trinajstić information content (AvgIpc) is 3.10. The maximum Gasteiger partial charge on any atom is 0.244 e. The minimum absolute atomic E-state index is 0.0110. The summed E-state index contributed by atoms with van der Waals surface area (Å²) in [7, 11) is 1.70. The highest BCUT2D eigenvalue weighted by atomic mass is 16.5. The van der Waals surface area contributed by atoms with Gasteiger partial charge in [-0.3, -0.25) is 4.79 Å². The molecule has 1 aromatic carbocycles. The van der Waals surface area contributed by atoms with E-state index in [-0.39, 0.29) is 17.4 Å². The van der Waals surface area contributed by atoms with Crippen LogP contribution in [0.25, 0.3) is 5.57 Å². The van der Waals surface area contributed by atoms with Crippen LogP contribution in [-0.2, 0) is 4.79 Å². The van der Waals surface area contributed by atoms with Crippen LogP contribution in [0.2, 0.25) is 0 Å². The summed E-state index contributed by atoms with van der Waals surface area (Å²) in [6.07, 6.45) is 11.1. The fourth-order valence-electron chi connectivity index (χ4n) is 8.41. The van der Waals surface area contributed by atoms with E-state index < -0.39 is 0 Å². The van der Waals surface area contributed by atoms with Gasteiger partial charge >= 0.3 is 0 Å². The van der Waals surface area contributed by atoms with Gasteiger partial charge in [-0.1, -0.05) is 39.3 Å². The van der Waals surface area contributed by atoms with Gasteiger partial charge in [0.2, 0.25) is 5.91 Å². The third-order valence-electron chi connectivity index (χ3n) is 9.98. The molecule has 0 spiro atoms. The predicted octanol–water partition coefficient (Wildman–Crippen LogP) is 5.85. The highest BCUT2D eigenvalue weighted by Crippen LogP contribution is 2.67. The van der Waals surface area contributed by atoms with Gasteiger partial charge in [0.1, 0.15) is 5.75 Å². The van der Waals surface area contributed by atoms with Crippen LogP contribution < -0.4 is 10.1 Å². The molecule has 0 saturated heterocycles. The molecule has 3 heteroatoms. The zero-order valence-corrected chi connectivity index (χ0v) is 19.0. The molecule has 3 fully saturated rings. The first-order valence-corrected chi connectivity index (χ1v) is 12.1. The Kier molecular flexibility index (Phi) is 4.79. The van der Waals surface area contributed by atoms with Crippen molar-refractivity contribution >= 4 is 11.5 Å². The summed E-state index contributed by atoms with van der Waals surface area (Å²) in [5.74, 6) is 4.14. The summed E-state index contributed by atoms with van der Waals surface area (Å²) < 4.78 is 5.38. The topological polar surface area (TPSA) is 38.3 Å². The van der Waals surface area contributed by atoms with E-state index in [9.17, 15) is 4.79 Å². The van der Waals surface area contributed by atoms with Crippen molar-refractivity contribution in [2.24, 2.45) is 34.5 Å². The maximum absolute atomic E-state index is 12.6. The van der Waals surface area contributed by atoms with Crippen LogP contribution >= 0.6 is 0 Å². The molecule has 0 bridgehead atoms. The maximum atomic E-state index is 12.6. The van der Waals surface area contributed by atoms with Crippen molar-refractivity contribution in [2.45, 2.75) is 71.8 Å². The van der Waals surface area contributed by atoms with Crippen molar-refractivity contribution in [3.63, 3.8) is 0 Å². The summed E-state index contributed by atoms with van der Waals surface area (Å²) in [6, 6.07) is 8.60. The number of fused-ring (bicyclic) bond motifs is 5. The normalized spacial score (nSPS) is 42.5. The van der Waals surface area contributed by atoms with Gasteiger partial charge in [0, 0.05) is 17.5 Å². The van der Waals surface area contributed by atoms with Crippen LogP contribution in [-0.4, -0.2) is 19.1 Å². The van der Waals surface area contributed by atoms with Gasteiger partial charge in [0.15, 0.2) is 0 Å². The second kappa shape index (κ2) is 7.14. The third-order valence-corrected chi connectivity index (χ3v) is 9.98. The zero-order valence-electron chi connectivity index (χ0n) is 19.0. The fourth-order valence-corrected chi connectivity index (χ4v) is 8.41. The molecule has 1 aliphatic heterocycles. The molecule has 4 aliphatic rings. The number of rotatable bonds is 3. The molecular formula is C27H37NO2.